The van der Waals surface area contributed by atoms with Crippen molar-refractivity contribution in [2.24, 2.45) is 5.73 Å². The van der Waals surface area contributed by atoms with Crippen LogP contribution in [0.15, 0.2) is 42.5 Å². The number of unbranched alkanes of at least 4 members (excludes halogenated alkanes) is 2. The van der Waals surface area contributed by atoms with Crippen molar-refractivity contribution in [1.82, 2.24) is 20.6 Å². The van der Waals surface area contributed by atoms with Crippen molar-refractivity contribution in [2.75, 3.05) is 6.61 Å². The maximum Gasteiger partial charge on any atom is 0.256 e. The number of fused-ring (bicyclic) bond motifs is 1. The highest BCUT2D eigenvalue weighted by atomic mass is 35.5. The largest absolute Gasteiger partial charge is 0.483 e. The number of nitrogens with two attached hydrogens (primary N) is 1. The minimum atomic E-state index is -1.44. The summed E-state index contributed by atoms with van der Waals surface area (Å²) in [6.45, 7) is 2.10. The molecule has 0 bridgehead atoms. The van der Waals surface area contributed by atoms with Crippen molar-refractivity contribution in [3.05, 3.63) is 70.0 Å². The van der Waals surface area contributed by atoms with E-state index in [1.165, 1.54) is 37.0 Å². The van der Waals surface area contributed by atoms with Crippen LogP contribution in [0, 0.1) is 0 Å². The number of aromatic nitrogens is 4. The first-order chi connectivity index (χ1) is 15.5. The number of tetrazole rings is 1. The van der Waals surface area contributed by atoms with Crippen molar-refractivity contribution in [1.29, 1.82) is 0 Å². The minimum absolute atomic E-state index is 0.0926. The molecule has 0 spiro atoms. The summed E-state index contributed by atoms with van der Waals surface area (Å²) in [6, 6.07) is 11.3. The van der Waals surface area contributed by atoms with Crippen molar-refractivity contribution >= 4 is 23.5 Å². The van der Waals surface area contributed by atoms with Gasteiger partial charge in [-0.2, -0.15) is 5.21 Å². The van der Waals surface area contributed by atoms with E-state index in [1.54, 1.807) is 12.1 Å². The third-order valence-electron chi connectivity index (χ3n) is 5.21. The summed E-state index contributed by atoms with van der Waals surface area (Å²) < 4.78 is 11.7. The minimum Gasteiger partial charge on any atom is -0.483 e. The fraction of sp³-hybridized carbons (Fsp3) is 0.304. The highest BCUT2D eigenvalue weighted by Crippen LogP contribution is 2.41. The molecule has 9 heteroatoms. The zero-order chi connectivity index (χ0) is 22.6. The molecule has 2 aromatic carbocycles. The molecule has 1 atom stereocenters. The van der Waals surface area contributed by atoms with Gasteiger partial charge in [-0.3, -0.25) is 10.5 Å². The first kappa shape index (κ1) is 22.0. The van der Waals surface area contributed by atoms with Gasteiger partial charge in [0.1, 0.15) is 6.61 Å². The number of halogens is 1. The molecular formula is C23H24ClN5O3. The molecule has 1 aliphatic heterocycles. The Morgan fingerprint density at radius 1 is 1.28 bits per heavy atom. The van der Waals surface area contributed by atoms with Crippen molar-refractivity contribution in [3.8, 4) is 11.5 Å². The van der Waals surface area contributed by atoms with Crippen LogP contribution in [0.25, 0.3) is 6.08 Å². The molecule has 4 rings (SSSR count). The van der Waals surface area contributed by atoms with Crippen LogP contribution in [-0.4, -0.2) is 33.0 Å². The van der Waals surface area contributed by atoms with Gasteiger partial charge in [0.05, 0.1) is 5.56 Å². The van der Waals surface area contributed by atoms with Crippen LogP contribution < -0.4 is 15.2 Å². The van der Waals surface area contributed by atoms with E-state index in [2.05, 4.69) is 39.7 Å². The number of aromatic amines is 1. The van der Waals surface area contributed by atoms with Gasteiger partial charge in [0.2, 0.25) is 5.82 Å². The van der Waals surface area contributed by atoms with Crippen LogP contribution in [0.2, 0.25) is 5.02 Å². The zero-order valence-corrected chi connectivity index (χ0v) is 18.4. The molecule has 1 unspecified atom stereocenters. The molecule has 1 aromatic heterocycles. The van der Waals surface area contributed by atoms with E-state index in [9.17, 15) is 4.79 Å². The lowest BCUT2D eigenvalue weighted by Gasteiger charge is -2.33. The lowest BCUT2D eigenvalue weighted by Crippen LogP contribution is -2.51. The maximum absolute atomic E-state index is 12.9. The second-order valence-corrected chi connectivity index (χ2v) is 8.13. The zero-order valence-electron chi connectivity index (χ0n) is 17.7. The Hall–Kier alpha value is -3.23. The Labute approximate surface area is 190 Å². The molecule has 3 N–H and O–H groups in total. The SMILES string of the molecule is CCCCCc1ccc(C=CC(=O)c2cc(Cl)cc3c2OCC(N)(c2nn[nH]n2)O3)cc1. The number of allylic oxidation sites excluding steroid dienone is 1. The second-order valence-electron chi connectivity index (χ2n) is 7.69. The van der Waals surface area contributed by atoms with Gasteiger partial charge in [-0.15, -0.1) is 10.2 Å². The van der Waals surface area contributed by atoms with Crippen LogP contribution in [-0.2, 0) is 12.1 Å². The Morgan fingerprint density at radius 3 is 2.81 bits per heavy atom. The third-order valence-corrected chi connectivity index (χ3v) is 5.43. The Balaban J connectivity index is 1.51. The molecule has 32 heavy (non-hydrogen) atoms. The predicted octanol–water partition coefficient (Wildman–Crippen LogP) is 4.06. The number of ketones is 1. The van der Waals surface area contributed by atoms with Gasteiger partial charge in [-0.05, 0) is 41.3 Å². The summed E-state index contributed by atoms with van der Waals surface area (Å²) >= 11 is 6.23. The lowest BCUT2D eigenvalue weighted by atomic mass is 10.0. The van der Waals surface area contributed by atoms with Crippen LogP contribution in [0.1, 0.15) is 53.5 Å². The van der Waals surface area contributed by atoms with Crippen LogP contribution in [0.4, 0.5) is 0 Å². The van der Waals surface area contributed by atoms with E-state index in [0.717, 1.165) is 12.0 Å². The smallest absolute Gasteiger partial charge is 0.256 e. The van der Waals surface area contributed by atoms with Gasteiger partial charge in [0.25, 0.3) is 5.72 Å². The monoisotopic (exact) mass is 453 g/mol. The lowest BCUT2D eigenvalue weighted by molar-refractivity contribution is -0.0152. The van der Waals surface area contributed by atoms with Gasteiger partial charge in [0, 0.05) is 11.1 Å². The van der Waals surface area contributed by atoms with E-state index in [1.807, 2.05) is 12.1 Å². The van der Waals surface area contributed by atoms with E-state index < -0.39 is 5.72 Å². The average Bonchev–Trinajstić information content (AvgIpc) is 3.34. The number of aryl methyl sites for hydroxylation is 1. The van der Waals surface area contributed by atoms with Crippen LogP contribution >= 0.6 is 11.6 Å². The molecule has 0 radical (unpaired) electrons. The number of nitrogens with zero attached hydrogens (tertiary/aromatic N) is 3. The number of ether oxygens (including phenoxy) is 2. The van der Waals surface area contributed by atoms with Crippen molar-refractivity contribution in [2.45, 2.75) is 38.3 Å². The third kappa shape index (κ3) is 4.81. The number of hydrogen-bond donors (Lipinski definition) is 2. The molecule has 8 nitrogen and oxygen atoms in total. The van der Waals surface area contributed by atoms with E-state index in [-0.39, 0.29) is 35.3 Å². The van der Waals surface area contributed by atoms with Crippen LogP contribution in [0.3, 0.4) is 0 Å². The van der Waals surface area contributed by atoms with E-state index >= 15 is 0 Å². The maximum atomic E-state index is 12.9. The normalized spacial score (nSPS) is 17.6. The standard InChI is InChI=1S/C23H24ClN5O3/c1-2-3-4-5-15-6-8-16(9-7-15)10-11-19(30)18-12-17(24)13-20-21(18)31-14-23(25,32-20)22-26-28-29-27-22/h6-13H,2-5,14,25H2,1H3,(H,26,27,28,29). The average molecular weight is 454 g/mol. The van der Waals surface area contributed by atoms with Gasteiger partial charge in [-0.25, -0.2) is 0 Å². The number of carbonyl (C=O) groups excluding carboxylic acids is 1. The van der Waals surface area contributed by atoms with Crippen molar-refractivity contribution < 1.29 is 14.3 Å². The molecular weight excluding hydrogens is 430 g/mol. The summed E-state index contributed by atoms with van der Waals surface area (Å²) in [5.41, 5.74) is 7.30. The molecule has 2 heterocycles. The summed E-state index contributed by atoms with van der Waals surface area (Å²) in [7, 11) is 0. The molecule has 3 aromatic rings. The first-order valence-corrected chi connectivity index (χ1v) is 10.9. The van der Waals surface area contributed by atoms with E-state index in [4.69, 9.17) is 26.8 Å². The van der Waals surface area contributed by atoms with Gasteiger partial charge in [-0.1, -0.05) is 61.7 Å². The predicted molar refractivity (Wildman–Crippen MR) is 121 cm³/mol. The number of rotatable bonds is 8. The number of carbonyl (C=O) groups is 1. The highest BCUT2D eigenvalue weighted by Gasteiger charge is 2.41. The summed E-state index contributed by atoms with van der Waals surface area (Å²) in [5, 5.41) is 13.9. The number of hydrogen-bond acceptors (Lipinski definition) is 7. The molecule has 0 aliphatic carbocycles. The summed E-state index contributed by atoms with van der Waals surface area (Å²) in [4.78, 5) is 12.9. The van der Waals surface area contributed by atoms with Gasteiger partial charge >= 0.3 is 0 Å². The van der Waals surface area contributed by atoms with Gasteiger partial charge < -0.3 is 9.47 Å². The van der Waals surface area contributed by atoms with E-state index in [0.29, 0.717) is 5.02 Å². The Morgan fingerprint density at radius 2 is 2.09 bits per heavy atom. The van der Waals surface area contributed by atoms with Crippen LogP contribution in [0.5, 0.6) is 11.5 Å². The fourth-order valence-corrected chi connectivity index (χ4v) is 3.68. The molecule has 0 fully saturated rings. The molecule has 0 saturated carbocycles. The topological polar surface area (TPSA) is 116 Å². The number of nitrogens with one attached hydrogen (secondary N) is 1. The molecule has 166 valence electrons. The van der Waals surface area contributed by atoms with Crippen molar-refractivity contribution in [3.63, 3.8) is 0 Å². The number of benzene rings is 2. The number of H-pyrrole nitrogens is 1. The first-order valence-electron chi connectivity index (χ1n) is 10.5. The quantitative estimate of drug-likeness (QED) is 0.300. The second kappa shape index (κ2) is 9.50. The summed E-state index contributed by atoms with van der Waals surface area (Å²) in [6.07, 6.45) is 7.94. The molecule has 1 aliphatic rings. The highest BCUT2D eigenvalue weighted by molar-refractivity contribution is 6.31. The Bertz CT molecular complexity index is 1120. The molecule has 0 amide bonds. The van der Waals surface area contributed by atoms with Gasteiger partial charge in [0.15, 0.2) is 17.3 Å². The Kier molecular flexibility index (Phi) is 6.53. The fourth-order valence-electron chi connectivity index (χ4n) is 3.47. The molecule has 0 saturated heterocycles. The summed E-state index contributed by atoms with van der Waals surface area (Å²) in [5.74, 6) is 0.390.